The van der Waals surface area contributed by atoms with Gasteiger partial charge >= 0.3 is 40.0 Å². The van der Waals surface area contributed by atoms with E-state index < -0.39 is 33.8 Å². The molecule has 0 bridgehead atoms. The number of nitrogen functional groups attached to an aromatic ring is 1. The van der Waals surface area contributed by atoms with E-state index in [0.29, 0.717) is 11.1 Å². The number of hydrogen-bond acceptors (Lipinski definition) is 6. The maximum atomic E-state index is 13.7. The monoisotopic (exact) mass is 610 g/mol. The molecule has 3 aromatic carbocycles. The van der Waals surface area contributed by atoms with E-state index in [9.17, 15) is 32.3 Å². The van der Waals surface area contributed by atoms with Crippen LogP contribution in [-0.4, -0.2) is 27.7 Å². The Morgan fingerprint density at radius 2 is 1.18 bits per heavy atom. The summed E-state index contributed by atoms with van der Waals surface area (Å²) in [5.41, 5.74) is 7.57. The Balaban J connectivity index is -0.000000635. The van der Waals surface area contributed by atoms with Crippen molar-refractivity contribution in [1.29, 1.82) is 0 Å². The van der Waals surface area contributed by atoms with E-state index in [-0.39, 0.29) is 71.6 Å². The SMILES string of the molecule is C.Cc1cccc(F)c1CC(=O)C(=O)Nc1c(C)cccc1F.Cc1cccc(F)c1N.O=C(Cl)C(=O)Cl.[Na+].[OH-]. The fourth-order valence-corrected chi connectivity index (χ4v) is 2.75. The first-order chi connectivity index (χ1) is 17.3. The van der Waals surface area contributed by atoms with Gasteiger partial charge in [0, 0.05) is 6.42 Å². The molecule has 0 radical (unpaired) electrons. The summed E-state index contributed by atoms with van der Waals surface area (Å²) in [4.78, 5) is 42.7. The predicted molar refractivity (Wildman–Crippen MR) is 146 cm³/mol. The van der Waals surface area contributed by atoms with Crippen LogP contribution in [0.2, 0.25) is 0 Å². The molecule has 0 saturated heterocycles. The molecule has 0 heterocycles. The third kappa shape index (κ3) is 13.6. The van der Waals surface area contributed by atoms with E-state index in [1.54, 1.807) is 45.0 Å². The second kappa shape index (κ2) is 20.2. The number of ketones is 1. The zero-order valence-corrected chi connectivity index (χ0v) is 25.0. The van der Waals surface area contributed by atoms with Crippen molar-refractivity contribution in [1.82, 2.24) is 0 Å². The number of amides is 1. The van der Waals surface area contributed by atoms with Crippen LogP contribution in [-0.2, 0) is 25.6 Å². The number of benzene rings is 3. The average molecular weight is 611 g/mol. The number of nitrogens with one attached hydrogen (secondary N) is 1. The standard InChI is InChI=1S/C17H15F2NO2.C7H8FN.C2Cl2O2.CH4.Na.H2O/c1-10-5-3-7-13(18)12(10)9-15(21)17(22)20-16-11(2)6-4-8-14(16)19;1-5-3-2-4-6(8)7(5)9;3-1(5)2(4)6;;;/h3-8H,9H2,1-2H3,(H,20,22);2-4H,9H2,1H3;;1H4;;1H2/q;;;;+1;/p-1. The van der Waals surface area contributed by atoms with Gasteiger partial charge in [-0.2, -0.15) is 0 Å². The number of carbonyl (C=O) groups excluding carboxylic acids is 4. The molecule has 40 heavy (non-hydrogen) atoms. The van der Waals surface area contributed by atoms with E-state index in [4.69, 9.17) is 5.73 Å². The molecule has 7 nitrogen and oxygen atoms in total. The third-order valence-corrected chi connectivity index (χ3v) is 5.27. The summed E-state index contributed by atoms with van der Waals surface area (Å²) in [5, 5.41) is -0.0324. The van der Waals surface area contributed by atoms with E-state index in [0.717, 1.165) is 5.56 Å². The Hall–Kier alpha value is -2.73. The molecule has 13 heteroatoms. The largest absolute Gasteiger partial charge is 1.00 e. The Bertz CT molecular complexity index is 1190. The van der Waals surface area contributed by atoms with Gasteiger partial charge in [0.1, 0.15) is 17.5 Å². The van der Waals surface area contributed by atoms with Crippen molar-refractivity contribution in [2.75, 3.05) is 11.1 Å². The zero-order valence-electron chi connectivity index (χ0n) is 21.5. The van der Waals surface area contributed by atoms with Gasteiger partial charge in [0.25, 0.3) is 5.91 Å². The molecule has 0 aliphatic rings. The average Bonchev–Trinajstić information content (AvgIpc) is 2.83. The Morgan fingerprint density at radius 3 is 1.57 bits per heavy atom. The summed E-state index contributed by atoms with van der Waals surface area (Å²) in [6.07, 6.45) is -0.363. The second-order valence-corrected chi connectivity index (χ2v) is 8.23. The molecule has 3 aromatic rings. The Kier molecular flexibility index (Phi) is 21.1. The molecule has 212 valence electrons. The van der Waals surface area contributed by atoms with Gasteiger partial charge in [-0.05, 0) is 84.4 Å². The van der Waals surface area contributed by atoms with Crippen LogP contribution in [0.1, 0.15) is 29.7 Å². The van der Waals surface area contributed by atoms with Crippen LogP contribution >= 0.6 is 23.2 Å². The van der Waals surface area contributed by atoms with Crippen LogP contribution in [0.4, 0.5) is 24.5 Å². The zero-order chi connectivity index (χ0) is 28.3. The minimum Gasteiger partial charge on any atom is -0.870 e. The molecule has 0 aliphatic carbocycles. The minimum atomic E-state index is -1.14. The maximum absolute atomic E-state index is 13.7. The van der Waals surface area contributed by atoms with Crippen molar-refractivity contribution < 1.29 is 67.4 Å². The van der Waals surface area contributed by atoms with Crippen molar-refractivity contribution in [2.24, 2.45) is 0 Å². The predicted octanol–water partition coefficient (Wildman–Crippen LogP) is 3.03. The second-order valence-electron chi connectivity index (χ2n) is 7.54. The van der Waals surface area contributed by atoms with Gasteiger partial charge < -0.3 is 16.5 Å². The van der Waals surface area contributed by atoms with E-state index in [2.05, 4.69) is 28.5 Å². The number of hydrogen-bond donors (Lipinski definition) is 2. The van der Waals surface area contributed by atoms with Gasteiger partial charge in [-0.1, -0.05) is 43.8 Å². The molecule has 0 spiro atoms. The number of halogens is 5. The maximum Gasteiger partial charge on any atom is 1.00 e. The molecule has 0 fully saturated rings. The molecule has 0 saturated carbocycles. The molecule has 4 N–H and O–H groups in total. The summed E-state index contributed by atoms with van der Waals surface area (Å²) in [5.74, 6) is -3.28. The molecule has 0 unspecified atom stereocenters. The minimum absolute atomic E-state index is 0. The summed E-state index contributed by atoms with van der Waals surface area (Å²) in [6.45, 7) is 5.05. The van der Waals surface area contributed by atoms with Crippen LogP contribution in [0, 0.1) is 38.2 Å². The molecular formula is C27H28Cl2F3N2NaO5. The summed E-state index contributed by atoms with van der Waals surface area (Å²) in [6, 6.07) is 13.5. The van der Waals surface area contributed by atoms with Crippen LogP contribution in [0.3, 0.4) is 0 Å². The first-order valence-corrected chi connectivity index (χ1v) is 11.2. The summed E-state index contributed by atoms with van der Waals surface area (Å²) in [7, 11) is 0. The molecule has 0 aliphatic heterocycles. The van der Waals surface area contributed by atoms with Gasteiger partial charge in [-0.25, -0.2) is 13.2 Å². The Labute approximate surface area is 262 Å². The quantitative estimate of drug-likeness (QED) is 0.197. The number of para-hydroxylation sites is 2. The number of carbonyl (C=O) groups is 4. The number of aryl methyl sites for hydroxylation is 3. The smallest absolute Gasteiger partial charge is 0.870 e. The molecule has 0 aromatic heterocycles. The molecule has 3 rings (SSSR count). The molecule has 0 atom stereocenters. The summed E-state index contributed by atoms with van der Waals surface area (Å²) >= 11 is 8.98. The normalized spacial score (nSPS) is 9.00. The fourth-order valence-electron chi connectivity index (χ4n) is 2.75. The molecular weight excluding hydrogens is 583 g/mol. The van der Waals surface area contributed by atoms with Gasteiger partial charge in [0.2, 0.25) is 5.78 Å². The van der Waals surface area contributed by atoms with Gasteiger partial charge in [-0.15, -0.1) is 0 Å². The summed E-state index contributed by atoms with van der Waals surface area (Å²) < 4.78 is 39.8. The van der Waals surface area contributed by atoms with E-state index in [1.165, 1.54) is 30.3 Å². The molecule has 1 amide bonds. The first-order valence-electron chi connectivity index (χ1n) is 10.5. The van der Waals surface area contributed by atoms with Crippen LogP contribution in [0.25, 0.3) is 0 Å². The van der Waals surface area contributed by atoms with Crippen molar-refractivity contribution in [3.63, 3.8) is 0 Å². The van der Waals surface area contributed by atoms with Gasteiger partial charge in [0.05, 0.1) is 11.4 Å². The van der Waals surface area contributed by atoms with Crippen LogP contribution in [0.15, 0.2) is 54.6 Å². The number of anilines is 2. The number of Topliss-reactive ketones (excluding diaryl/α,β-unsaturated/α-hetero) is 1. The number of rotatable bonds is 5. The topological polar surface area (TPSA) is 136 Å². The van der Waals surface area contributed by atoms with Crippen molar-refractivity contribution >= 4 is 56.8 Å². The fraction of sp³-hybridized carbons (Fsp3) is 0.185. The van der Waals surface area contributed by atoms with Crippen molar-refractivity contribution in [3.8, 4) is 0 Å². The van der Waals surface area contributed by atoms with Crippen LogP contribution in [0.5, 0.6) is 0 Å². The third-order valence-electron chi connectivity index (χ3n) is 4.83. The van der Waals surface area contributed by atoms with Gasteiger partial charge in [0.15, 0.2) is 0 Å². The van der Waals surface area contributed by atoms with Crippen molar-refractivity contribution in [2.45, 2.75) is 34.6 Å². The van der Waals surface area contributed by atoms with E-state index in [1.807, 2.05) is 0 Å². The van der Waals surface area contributed by atoms with Crippen molar-refractivity contribution in [3.05, 3.63) is 94.3 Å². The van der Waals surface area contributed by atoms with Gasteiger partial charge in [-0.3, -0.25) is 19.2 Å². The number of nitrogens with two attached hydrogens (primary N) is 1. The van der Waals surface area contributed by atoms with Crippen LogP contribution < -0.4 is 40.6 Å². The Morgan fingerprint density at radius 1 is 0.750 bits per heavy atom. The first kappa shape index (κ1) is 41.7. The van der Waals surface area contributed by atoms with E-state index >= 15 is 0 Å².